The summed E-state index contributed by atoms with van der Waals surface area (Å²) in [6, 6.07) is 21.8. The third kappa shape index (κ3) is 11.5. The zero-order valence-electron chi connectivity index (χ0n) is 28.1. The van der Waals surface area contributed by atoms with E-state index in [1.807, 2.05) is 23.5 Å². The maximum atomic E-state index is 11.6. The van der Waals surface area contributed by atoms with Crippen molar-refractivity contribution in [3.63, 3.8) is 0 Å². The van der Waals surface area contributed by atoms with Crippen molar-refractivity contribution in [2.75, 3.05) is 18.6 Å². The number of carbonyl (C=O) groups excluding carboxylic acids is 1. The molecule has 0 N–H and O–H groups in total. The van der Waals surface area contributed by atoms with E-state index in [1.165, 1.54) is 36.7 Å². The minimum absolute atomic E-state index is 0.0412. The van der Waals surface area contributed by atoms with Crippen LogP contribution in [0, 0.1) is 0 Å². The normalized spacial score (nSPS) is 16.4. The molecule has 0 aliphatic carbocycles. The van der Waals surface area contributed by atoms with E-state index in [9.17, 15) is 4.79 Å². The average Bonchev–Trinajstić information content (AvgIpc) is 3.51. The summed E-state index contributed by atoms with van der Waals surface area (Å²) >= 11 is 3.97. The molecule has 1 aliphatic rings. The van der Waals surface area contributed by atoms with Gasteiger partial charge >= 0.3 is 5.97 Å². The van der Waals surface area contributed by atoms with Gasteiger partial charge in [0, 0.05) is 17.9 Å². The van der Waals surface area contributed by atoms with Crippen LogP contribution >= 0.6 is 23.5 Å². The third-order valence-corrected chi connectivity index (χ3v) is 16.7. The molecule has 0 spiro atoms. The van der Waals surface area contributed by atoms with E-state index in [1.54, 1.807) is 0 Å². The molecule has 1 saturated heterocycles. The quantitative estimate of drug-likeness (QED) is 0.0522. The van der Waals surface area contributed by atoms with Gasteiger partial charge in [-0.3, -0.25) is 4.79 Å². The number of benzene rings is 2. The highest BCUT2D eigenvalue weighted by Crippen LogP contribution is 2.48. The van der Waals surface area contributed by atoms with E-state index >= 15 is 0 Å². The van der Waals surface area contributed by atoms with Crippen molar-refractivity contribution in [3.8, 4) is 0 Å². The molecule has 1 aliphatic heterocycles. The molecule has 1 heterocycles. The van der Waals surface area contributed by atoms with Gasteiger partial charge in [-0.05, 0) is 47.5 Å². The molecule has 6 heteroatoms. The molecule has 2 aromatic rings. The number of ether oxygens (including phenoxy) is 1. The second kappa shape index (κ2) is 19.4. The number of hydrogen-bond acceptors (Lipinski definition) is 5. The average molecular weight is 663 g/mol. The lowest BCUT2D eigenvalue weighted by Gasteiger charge is -2.44. The first-order chi connectivity index (χ1) is 21.8. The van der Waals surface area contributed by atoms with Gasteiger partial charge in [-0.1, -0.05) is 150 Å². The Bertz CT molecular complexity index is 1200. The summed E-state index contributed by atoms with van der Waals surface area (Å²) in [6.07, 6.45) is 25.7. The number of thioether (sulfide) groups is 2. The second-order valence-corrected chi connectivity index (χ2v) is 20.0. The van der Waals surface area contributed by atoms with Crippen LogP contribution in [0.5, 0.6) is 0 Å². The van der Waals surface area contributed by atoms with Crippen LogP contribution in [0.25, 0.3) is 0 Å². The molecule has 2 aromatic carbocycles. The molecule has 0 aromatic heterocycles. The van der Waals surface area contributed by atoms with Gasteiger partial charge in [-0.2, -0.15) is 0 Å². The summed E-state index contributed by atoms with van der Waals surface area (Å²) in [7, 11) is -1.22. The number of esters is 1. The summed E-state index contributed by atoms with van der Waals surface area (Å²) in [5.74, 6) is 2.16. The number of rotatable bonds is 18. The molecular formula is C39H54O3S2Si. The predicted molar refractivity (Wildman–Crippen MR) is 201 cm³/mol. The highest BCUT2D eigenvalue weighted by Gasteiger charge is 2.51. The maximum absolute atomic E-state index is 11.6. The Morgan fingerprint density at radius 3 is 2.09 bits per heavy atom. The fourth-order valence-corrected chi connectivity index (χ4v) is 13.6. The molecule has 244 valence electrons. The van der Waals surface area contributed by atoms with Gasteiger partial charge in [0.15, 0.2) is 0 Å². The van der Waals surface area contributed by atoms with Gasteiger partial charge in [-0.25, -0.2) is 0 Å². The summed E-state index contributed by atoms with van der Waals surface area (Å²) in [5, 5.41) is 2.53. The molecule has 0 saturated carbocycles. The summed E-state index contributed by atoms with van der Waals surface area (Å²) in [6.45, 7) is 9.27. The van der Waals surface area contributed by atoms with Gasteiger partial charge in [0.05, 0.1) is 17.3 Å². The van der Waals surface area contributed by atoms with E-state index in [0.29, 0.717) is 6.42 Å². The highest BCUT2D eigenvalue weighted by molar-refractivity contribution is 8.21. The highest BCUT2D eigenvalue weighted by atomic mass is 32.2. The van der Waals surface area contributed by atoms with Crippen LogP contribution in [0.1, 0.15) is 79.1 Å². The smallest absolute Gasteiger partial charge is 0.305 e. The van der Waals surface area contributed by atoms with E-state index in [4.69, 9.17) is 9.16 Å². The molecule has 1 atom stereocenters. The van der Waals surface area contributed by atoms with E-state index in [0.717, 1.165) is 37.2 Å². The van der Waals surface area contributed by atoms with Crippen molar-refractivity contribution in [3.05, 3.63) is 109 Å². The third-order valence-electron chi connectivity index (χ3n) is 8.17. The van der Waals surface area contributed by atoms with Gasteiger partial charge in [0.1, 0.15) is 0 Å². The molecule has 0 radical (unpaired) electrons. The minimum atomic E-state index is -2.68. The van der Waals surface area contributed by atoms with Crippen molar-refractivity contribution < 1.29 is 14.0 Å². The Balaban J connectivity index is 1.84. The zero-order chi connectivity index (χ0) is 32.4. The minimum Gasteiger partial charge on any atom is -0.469 e. The number of unbranched alkanes of at least 4 members (excludes halogenated alkanes) is 3. The van der Waals surface area contributed by atoms with Crippen molar-refractivity contribution in [1.29, 1.82) is 0 Å². The van der Waals surface area contributed by atoms with Crippen LogP contribution in [-0.4, -0.2) is 43.1 Å². The topological polar surface area (TPSA) is 35.5 Å². The summed E-state index contributed by atoms with van der Waals surface area (Å²) < 4.78 is 12.4. The zero-order valence-corrected chi connectivity index (χ0v) is 30.7. The fraction of sp³-hybridized carbons (Fsp3) is 0.462. The van der Waals surface area contributed by atoms with Crippen LogP contribution in [0.4, 0.5) is 0 Å². The molecule has 0 unspecified atom stereocenters. The van der Waals surface area contributed by atoms with Crippen molar-refractivity contribution in [2.45, 2.75) is 94.3 Å². The Morgan fingerprint density at radius 1 is 0.889 bits per heavy atom. The standard InChI is InChI=1S/C39H54O3S2Si/c1-6-7-8-9-10-15-23-34(24-16-11-12-21-30-39(43-32-33-44-39)31-22-29-37(40)41-5)42-45(38(2,3)4,35-25-17-13-18-26-35)36-27-19-14-20-28-36/h10-21,24-28,30,34H,6-9,22-23,29,31-33H2,1-5H3/b12-11-,15-10-,24-16+,30-21+/t34-/m0/s1. The monoisotopic (exact) mass is 662 g/mol. The molecule has 3 rings (SSSR count). The van der Waals surface area contributed by atoms with Crippen molar-refractivity contribution in [1.82, 2.24) is 0 Å². The lowest BCUT2D eigenvalue weighted by Crippen LogP contribution is -2.67. The molecule has 0 bridgehead atoms. The Morgan fingerprint density at radius 2 is 1.51 bits per heavy atom. The maximum Gasteiger partial charge on any atom is 0.305 e. The van der Waals surface area contributed by atoms with Crippen LogP contribution in [0.15, 0.2) is 109 Å². The Kier molecular flexibility index (Phi) is 16.1. The van der Waals surface area contributed by atoms with E-state index < -0.39 is 8.32 Å². The molecule has 45 heavy (non-hydrogen) atoms. The van der Waals surface area contributed by atoms with Gasteiger partial charge in [0.25, 0.3) is 8.32 Å². The van der Waals surface area contributed by atoms with Crippen LogP contribution < -0.4 is 10.4 Å². The van der Waals surface area contributed by atoms with Crippen LogP contribution in [0.2, 0.25) is 5.04 Å². The molecule has 1 fully saturated rings. The number of hydrogen-bond donors (Lipinski definition) is 0. The first-order valence-electron chi connectivity index (χ1n) is 16.6. The first-order valence-corrected chi connectivity index (χ1v) is 20.5. The fourth-order valence-electron chi connectivity index (χ4n) is 5.84. The second-order valence-electron chi connectivity index (χ2n) is 12.6. The summed E-state index contributed by atoms with van der Waals surface area (Å²) in [4.78, 5) is 11.6. The lowest BCUT2D eigenvalue weighted by molar-refractivity contribution is -0.140. The summed E-state index contributed by atoms with van der Waals surface area (Å²) in [5.41, 5.74) is 0. The van der Waals surface area contributed by atoms with Crippen LogP contribution in [-0.2, 0) is 14.0 Å². The SMILES string of the molecule is CCCCC/C=C\C[C@@H](/C=C/C=C\C=C\C1(CCCC(=O)OC)SCCS1)O[Si](c1ccccc1)(c1ccccc1)C(C)(C)C. The first kappa shape index (κ1) is 37.2. The van der Waals surface area contributed by atoms with E-state index in [-0.39, 0.29) is 21.2 Å². The largest absolute Gasteiger partial charge is 0.469 e. The Hall–Kier alpha value is -2.25. The van der Waals surface area contributed by atoms with Crippen molar-refractivity contribution >= 4 is 48.2 Å². The predicted octanol–water partition coefficient (Wildman–Crippen LogP) is 9.65. The van der Waals surface area contributed by atoms with Crippen LogP contribution in [0.3, 0.4) is 0 Å². The molecule has 3 nitrogen and oxygen atoms in total. The van der Waals surface area contributed by atoms with Gasteiger partial charge in [-0.15, -0.1) is 23.5 Å². The number of carbonyl (C=O) groups is 1. The van der Waals surface area contributed by atoms with Gasteiger partial charge in [0.2, 0.25) is 0 Å². The lowest BCUT2D eigenvalue weighted by atomic mass is 10.1. The molecule has 0 amide bonds. The number of methoxy groups -OCH3 is 1. The number of allylic oxidation sites excluding steroid dienone is 5. The molecular weight excluding hydrogens is 609 g/mol. The van der Waals surface area contributed by atoms with Gasteiger partial charge < -0.3 is 9.16 Å². The van der Waals surface area contributed by atoms with E-state index in [2.05, 4.69) is 137 Å². The Labute approximate surface area is 283 Å². The van der Waals surface area contributed by atoms with Crippen molar-refractivity contribution in [2.24, 2.45) is 0 Å².